The van der Waals surface area contributed by atoms with Gasteiger partial charge in [0.05, 0.1) is 17.5 Å². The van der Waals surface area contributed by atoms with E-state index in [0.29, 0.717) is 17.5 Å². The van der Waals surface area contributed by atoms with Crippen LogP contribution < -0.4 is 0 Å². The Morgan fingerprint density at radius 1 is 1.25 bits per heavy atom. The molecule has 5 nitrogen and oxygen atoms in total. The van der Waals surface area contributed by atoms with Crippen LogP contribution in [0.3, 0.4) is 0 Å². The fourth-order valence-corrected chi connectivity index (χ4v) is 3.58. The first kappa shape index (κ1) is 17.7. The van der Waals surface area contributed by atoms with Crippen molar-refractivity contribution in [2.45, 2.75) is 19.8 Å². The summed E-state index contributed by atoms with van der Waals surface area (Å²) >= 11 is 0. The molecular weight excluding hydrogens is 357 g/mol. The van der Waals surface area contributed by atoms with Crippen molar-refractivity contribution in [3.8, 4) is 6.07 Å². The molecule has 0 amide bonds. The number of hydrogen-bond acceptors (Lipinski definition) is 3. The van der Waals surface area contributed by atoms with Crippen LogP contribution in [0.1, 0.15) is 28.1 Å². The zero-order chi connectivity index (χ0) is 19.8. The van der Waals surface area contributed by atoms with E-state index in [-0.39, 0.29) is 12.2 Å². The Hall–Kier alpha value is -3.72. The minimum absolute atomic E-state index is 0.0916. The molecule has 0 fully saturated rings. The van der Waals surface area contributed by atoms with Crippen LogP contribution >= 0.6 is 0 Å². The summed E-state index contributed by atoms with van der Waals surface area (Å²) < 4.78 is 15.3. The van der Waals surface area contributed by atoms with E-state index < -0.39 is 5.97 Å². The summed E-state index contributed by atoms with van der Waals surface area (Å²) in [5.74, 6) is -1.21. The fraction of sp³-hybridized carbons (Fsp3) is 0.136. The first-order valence-corrected chi connectivity index (χ1v) is 8.76. The molecule has 3 aromatic heterocycles. The van der Waals surface area contributed by atoms with E-state index in [9.17, 15) is 19.6 Å². The molecule has 1 aromatic carbocycles. The Morgan fingerprint density at radius 2 is 2.07 bits per heavy atom. The zero-order valence-electron chi connectivity index (χ0n) is 15.1. The van der Waals surface area contributed by atoms with Crippen LogP contribution in [0.15, 0.2) is 48.7 Å². The van der Waals surface area contributed by atoms with Gasteiger partial charge in [-0.1, -0.05) is 6.07 Å². The quantitative estimate of drug-likeness (QED) is 0.586. The van der Waals surface area contributed by atoms with Gasteiger partial charge in [-0.3, -0.25) is 9.78 Å². The number of nitriles is 1. The maximum absolute atomic E-state index is 13.4. The number of carbonyl (C=O) groups is 1. The summed E-state index contributed by atoms with van der Waals surface area (Å²) in [5, 5.41) is 19.2. The van der Waals surface area contributed by atoms with Crippen LogP contribution in [-0.4, -0.2) is 20.5 Å². The Kier molecular flexibility index (Phi) is 4.28. The third kappa shape index (κ3) is 3.08. The normalized spacial score (nSPS) is 11.0. The van der Waals surface area contributed by atoms with Crippen molar-refractivity contribution in [3.63, 3.8) is 0 Å². The van der Waals surface area contributed by atoms with Crippen LogP contribution in [0.5, 0.6) is 0 Å². The molecule has 0 bridgehead atoms. The first-order chi connectivity index (χ1) is 13.5. The van der Waals surface area contributed by atoms with Gasteiger partial charge in [0.2, 0.25) is 0 Å². The average molecular weight is 373 g/mol. The van der Waals surface area contributed by atoms with Gasteiger partial charge in [0.15, 0.2) is 0 Å². The van der Waals surface area contributed by atoms with E-state index in [1.54, 1.807) is 24.4 Å². The SMILES string of the molecule is Cc1c(CC(=O)O)c2ccc(C#N)cn2c1Cc1ccc2cc(F)ccc2n1. The predicted molar refractivity (Wildman–Crippen MR) is 103 cm³/mol. The molecule has 0 saturated heterocycles. The lowest BCUT2D eigenvalue weighted by Crippen LogP contribution is -2.01. The lowest BCUT2D eigenvalue weighted by atomic mass is 10.0. The number of rotatable bonds is 4. The van der Waals surface area contributed by atoms with Gasteiger partial charge in [-0.2, -0.15) is 5.26 Å². The highest BCUT2D eigenvalue weighted by atomic mass is 19.1. The summed E-state index contributed by atoms with van der Waals surface area (Å²) in [6.45, 7) is 1.89. The summed E-state index contributed by atoms with van der Waals surface area (Å²) in [4.78, 5) is 15.9. The molecule has 0 unspecified atom stereocenters. The Bertz CT molecular complexity index is 1280. The standard InChI is InChI=1S/C22H16FN3O2/c1-13-18(10-22(27)28)20-7-2-14(11-24)12-26(20)21(13)9-17-5-3-15-8-16(23)4-6-19(15)25-17/h2-8,12H,9-10H2,1H3,(H,27,28). The van der Waals surface area contributed by atoms with Crippen molar-refractivity contribution in [1.29, 1.82) is 5.26 Å². The molecule has 0 aliphatic rings. The predicted octanol–water partition coefficient (Wildman–Crippen LogP) is 4.02. The molecule has 4 aromatic rings. The van der Waals surface area contributed by atoms with Crippen molar-refractivity contribution in [1.82, 2.24) is 9.38 Å². The largest absolute Gasteiger partial charge is 0.481 e. The second-order valence-electron chi connectivity index (χ2n) is 6.72. The van der Waals surface area contributed by atoms with Crippen LogP contribution in [-0.2, 0) is 17.6 Å². The van der Waals surface area contributed by atoms with Crippen molar-refractivity contribution in [2.24, 2.45) is 0 Å². The number of benzene rings is 1. The van der Waals surface area contributed by atoms with Crippen molar-refractivity contribution in [3.05, 3.63) is 82.6 Å². The van der Waals surface area contributed by atoms with Crippen molar-refractivity contribution < 1.29 is 14.3 Å². The van der Waals surface area contributed by atoms with Gasteiger partial charge >= 0.3 is 5.97 Å². The monoisotopic (exact) mass is 373 g/mol. The molecule has 4 rings (SSSR count). The molecule has 138 valence electrons. The average Bonchev–Trinajstić information content (AvgIpc) is 2.92. The van der Waals surface area contributed by atoms with Gasteiger partial charge in [0, 0.05) is 34.9 Å². The molecule has 0 saturated carbocycles. The molecule has 0 aliphatic carbocycles. The number of nitrogens with zero attached hydrogens (tertiary/aromatic N) is 3. The topological polar surface area (TPSA) is 78.4 Å². The lowest BCUT2D eigenvalue weighted by Gasteiger charge is -2.06. The van der Waals surface area contributed by atoms with Gasteiger partial charge < -0.3 is 9.51 Å². The summed E-state index contributed by atoms with van der Waals surface area (Å²) in [7, 11) is 0. The molecule has 0 radical (unpaired) electrons. The lowest BCUT2D eigenvalue weighted by molar-refractivity contribution is -0.136. The van der Waals surface area contributed by atoms with E-state index in [0.717, 1.165) is 33.4 Å². The Balaban J connectivity index is 1.85. The van der Waals surface area contributed by atoms with Gasteiger partial charge in [-0.05, 0) is 54.4 Å². The van der Waals surface area contributed by atoms with Gasteiger partial charge in [-0.25, -0.2) is 4.39 Å². The molecule has 0 spiro atoms. The van der Waals surface area contributed by atoms with E-state index in [4.69, 9.17) is 0 Å². The van der Waals surface area contributed by atoms with Crippen LogP contribution in [0.2, 0.25) is 0 Å². The number of carboxylic acid groups (broad SMARTS) is 1. The number of aliphatic carboxylic acids is 1. The van der Waals surface area contributed by atoms with Gasteiger partial charge in [-0.15, -0.1) is 0 Å². The number of fused-ring (bicyclic) bond motifs is 2. The van der Waals surface area contributed by atoms with E-state index in [1.807, 2.05) is 23.5 Å². The molecule has 1 N–H and O–H groups in total. The van der Waals surface area contributed by atoms with Gasteiger partial charge in [0.25, 0.3) is 0 Å². The third-order valence-corrected chi connectivity index (χ3v) is 4.95. The smallest absolute Gasteiger partial charge is 0.307 e. The second-order valence-corrected chi connectivity index (χ2v) is 6.72. The van der Waals surface area contributed by atoms with Gasteiger partial charge in [0.1, 0.15) is 11.9 Å². The molecule has 6 heteroatoms. The van der Waals surface area contributed by atoms with E-state index in [2.05, 4.69) is 11.1 Å². The molecule has 28 heavy (non-hydrogen) atoms. The minimum atomic E-state index is -0.905. The highest BCUT2D eigenvalue weighted by molar-refractivity contribution is 5.79. The fourth-order valence-electron chi connectivity index (χ4n) is 3.58. The molecule has 0 atom stereocenters. The Labute approximate surface area is 160 Å². The number of pyridine rings is 2. The second kappa shape index (κ2) is 6.78. The zero-order valence-corrected chi connectivity index (χ0v) is 15.1. The first-order valence-electron chi connectivity index (χ1n) is 8.76. The maximum Gasteiger partial charge on any atom is 0.307 e. The number of hydrogen-bond donors (Lipinski definition) is 1. The maximum atomic E-state index is 13.4. The van der Waals surface area contributed by atoms with E-state index in [1.165, 1.54) is 12.1 Å². The van der Waals surface area contributed by atoms with Crippen LogP contribution in [0.4, 0.5) is 4.39 Å². The highest BCUT2D eigenvalue weighted by Crippen LogP contribution is 2.27. The number of halogens is 1. The summed E-state index contributed by atoms with van der Waals surface area (Å²) in [6.07, 6.45) is 2.10. The number of carboxylic acids is 1. The molecule has 3 heterocycles. The molecular formula is C22H16FN3O2. The minimum Gasteiger partial charge on any atom is -0.481 e. The van der Waals surface area contributed by atoms with Crippen LogP contribution in [0.25, 0.3) is 16.4 Å². The number of aromatic nitrogens is 2. The van der Waals surface area contributed by atoms with Crippen LogP contribution in [0, 0.1) is 24.1 Å². The third-order valence-electron chi connectivity index (χ3n) is 4.95. The highest BCUT2D eigenvalue weighted by Gasteiger charge is 2.18. The Morgan fingerprint density at radius 3 is 2.82 bits per heavy atom. The molecule has 0 aliphatic heterocycles. The summed E-state index contributed by atoms with van der Waals surface area (Å²) in [5.41, 5.74) is 5.24. The van der Waals surface area contributed by atoms with Crippen molar-refractivity contribution in [2.75, 3.05) is 0 Å². The van der Waals surface area contributed by atoms with E-state index >= 15 is 0 Å². The summed E-state index contributed by atoms with van der Waals surface area (Å²) in [6, 6.07) is 13.7. The van der Waals surface area contributed by atoms with Crippen molar-refractivity contribution >= 4 is 22.4 Å².